The molecule has 1 heterocycles. The summed E-state index contributed by atoms with van der Waals surface area (Å²) >= 11 is 0. The number of fused-ring (bicyclic) bond motifs is 1. The van der Waals surface area contributed by atoms with Crippen molar-refractivity contribution in [3.05, 3.63) is 90.0 Å². The summed E-state index contributed by atoms with van der Waals surface area (Å²) in [5.74, 6) is 1.17. The summed E-state index contributed by atoms with van der Waals surface area (Å²) in [6.45, 7) is 2.69. The number of carbonyl (C=O) groups excluding carboxylic acids is 1. The number of benzene rings is 3. The van der Waals surface area contributed by atoms with Gasteiger partial charge in [-0.2, -0.15) is 0 Å². The molecule has 0 aliphatic carbocycles. The van der Waals surface area contributed by atoms with Crippen molar-refractivity contribution in [2.24, 2.45) is 0 Å². The van der Waals surface area contributed by atoms with Crippen LogP contribution in [0.15, 0.2) is 78.9 Å². The molecule has 4 nitrogen and oxygen atoms in total. The van der Waals surface area contributed by atoms with Crippen LogP contribution >= 0.6 is 0 Å². The van der Waals surface area contributed by atoms with E-state index in [1.165, 1.54) is 0 Å². The normalized spacial score (nSPS) is 15.2. The predicted octanol–water partition coefficient (Wildman–Crippen LogP) is 4.37. The van der Waals surface area contributed by atoms with Crippen LogP contribution in [0.1, 0.15) is 11.1 Å². The Labute approximate surface area is 159 Å². The maximum Gasteiger partial charge on any atom is 0.271 e. The van der Waals surface area contributed by atoms with Crippen molar-refractivity contribution in [2.75, 3.05) is 11.5 Å². The van der Waals surface area contributed by atoms with Gasteiger partial charge in [-0.15, -0.1) is 0 Å². The molecule has 4 heteroatoms. The molecule has 136 valence electrons. The topological polar surface area (TPSA) is 38.8 Å². The van der Waals surface area contributed by atoms with E-state index >= 15 is 0 Å². The summed E-state index contributed by atoms with van der Waals surface area (Å²) in [6.07, 6.45) is -0.678. The van der Waals surface area contributed by atoms with Crippen molar-refractivity contribution >= 4 is 11.6 Å². The standard InChI is InChI=1S/C23H21NO3/c1-17-9-5-6-12-19(17)24(15-18-10-3-2-4-11-18)23(25)22-16-26-20-13-7-8-14-21(20)27-22/h2-14,22H,15-16H2,1H3/t22-/m1/s1. The Balaban J connectivity index is 1.64. The van der Waals surface area contributed by atoms with Crippen molar-refractivity contribution in [1.29, 1.82) is 0 Å². The molecule has 0 radical (unpaired) electrons. The molecular formula is C23H21NO3. The molecule has 0 spiro atoms. The fourth-order valence-corrected chi connectivity index (χ4v) is 3.23. The van der Waals surface area contributed by atoms with E-state index in [1.54, 1.807) is 4.90 Å². The van der Waals surface area contributed by atoms with Gasteiger partial charge in [0, 0.05) is 5.69 Å². The first-order valence-electron chi connectivity index (χ1n) is 9.02. The van der Waals surface area contributed by atoms with E-state index in [0.29, 0.717) is 18.0 Å². The fourth-order valence-electron chi connectivity index (χ4n) is 3.23. The van der Waals surface area contributed by atoms with Gasteiger partial charge in [-0.25, -0.2) is 0 Å². The predicted molar refractivity (Wildman–Crippen MR) is 105 cm³/mol. The lowest BCUT2D eigenvalue weighted by Gasteiger charge is -2.31. The molecule has 0 aromatic heterocycles. The van der Waals surface area contributed by atoms with Gasteiger partial charge in [0.2, 0.25) is 6.10 Å². The zero-order valence-corrected chi connectivity index (χ0v) is 15.2. The smallest absolute Gasteiger partial charge is 0.271 e. The Morgan fingerprint density at radius 2 is 1.59 bits per heavy atom. The quantitative estimate of drug-likeness (QED) is 0.694. The number of hydrogen-bond acceptors (Lipinski definition) is 3. The van der Waals surface area contributed by atoms with Crippen LogP contribution in [0.3, 0.4) is 0 Å². The molecule has 0 fully saturated rings. The van der Waals surface area contributed by atoms with E-state index in [9.17, 15) is 4.79 Å². The van der Waals surface area contributed by atoms with Crippen LogP contribution < -0.4 is 14.4 Å². The fraction of sp³-hybridized carbons (Fsp3) is 0.174. The highest BCUT2D eigenvalue weighted by atomic mass is 16.6. The third kappa shape index (κ3) is 3.65. The summed E-state index contributed by atoms with van der Waals surface area (Å²) in [5, 5.41) is 0. The summed E-state index contributed by atoms with van der Waals surface area (Å²) in [5.41, 5.74) is 2.99. The molecule has 1 aliphatic rings. The van der Waals surface area contributed by atoms with Gasteiger partial charge >= 0.3 is 0 Å². The third-order valence-corrected chi connectivity index (χ3v) is 4.64. The average Bonchev–Trinajstić information content (AvgIpc) is 2.72. The summed E-state index contributed by atoms with van der Waals surface area (Å²) in [7, 11) is 0. The molecule has 0 bridgehead atoms. The molecule has 4 rings (SSSR count). The minimum Gasteiger partial charge on any atom is -0.485 e. The molecule has 3 aromatic rings. The molecule has 27 heavy (non-hydrogen) atoms. The first kappa shape index (κ1) is 17.2. The SMILES string of the molecule is Cc1ccccc1N(Cc1ccccc1)C(=O)[C@H]1COc2ccccc2O1. The van der Waals surface area contributed by atoms with Crippen LogP contribution in [0.25, 0.3) is 0 Å². The highest BCUT2D eigenvalue weighted by molar-refractivity contribution is 5.97. The van der Waals surface area contributed by atoms with Gasteiger partial charge in [-0.05, 0) is 36.2 Å². The number of para-hydroxylation sites is 3. The Hall–Kier alpha value is -3.27. The number of nitrogens with zero attached hydrogens (tertiary/aromatic N) is 1. The largest absolute Gasteiger partial charge is 0.485 e. The van der Waals surface area contributed by atoms with E-state index in [-0.39, 0.29) is 12.5 Å². The van der Waals surface area contributed by atoms with Crippen molar-refractivity contribution < 1.29 is 14.3 Å². The maximum atomic E-state index is 13.4. The van der Waals surface area contributed by atoms with E-state index in [0.717, 1.165) is 16.8 Å². The number of rotatable bonds is 4. The highest BCUT2D eigenvalue weighted by Gasteiger charge is 2.32. The molecule has 1 amide bonds. The second-order valence-corrected chi connectivity index (χ2v) is 6.56. The van der Waals surface area contributed by atoms with E-state index in [4.69, 9.17) is 9.47 Å². The second-order valence-electron chi connectivity index (χ2n) is 6.56. The van der Waals surface area contributed by atoms with Crippen molar-refractivity contribution in [1.82, 2.24) is 0 Å². The highest BCUT2D eigenvalue weighted by Crippen LogP contribution is 2.32. The average molecular weight is 359 g/mol. The molecule has 0 saturated carbocycles. The number of amides is 1. The van der Waals surface area contributed by atoms with Crippen LogP contribution in [0.5, 0.6) is 11.5 Å². The number of hydrogen-bond donors (Lipinski definition) is 0. The van der Waals surface area contributed by atoms with Gasteiger partial charge in [0.1, 0.15) is 6.61 Å². The number of aryl methyl sites for hydroxylation is 1. The van der Waals surface area contributed by atoms with Crippen LogP contribution in [0.2, 0.25) is 0 Å². The minimum atomic E-state index is -0.678. The van der Waals surface area contributed by atoms with Crippen LogP contribution in [-0.4, -0.2) is 18.6 Å². The van der Waals surface area contributed by atoms with E-state index < -0.39 is 6.10 Å². The van der Waals surface area contributed by atoms with Crippen LogP contribution in [0, 0.1) is 6.92 Å². The van der Waals surface area contributed by atoms with Gasteiger partial charge in [0.15, 0.2) is 11.5 Å². The summed E-state index contributed by atoms with van der Waals surface area (Å²) < 4.78 is 11.7. The molecule has 0 saturated heterocycles. The molecule has 1 aliphatic heterocycles. The number of anilines is 1. The molecule has 0 N–H and O–H groups in total. The van der Waals surface area contributed by atoms with Gasteiger partial charge in [0.25, 0.3) is 5.91 Å². The Morgan fingerprint density at radius 1 is 0.926 bits per heavy atom. The molecule has 3 aromatic carbocycles. The van der Waals surface area contributed by atoms with Crippen LogP contribution in [0.4, 0.5) is 5.69 Å². The summed E-state index contributed by atoms with van der Waals surface area (Å²) in [4.78, 5) is 15.2. The first-order valence-corrected chi connectivity index (χ1v) is 9.02. The Bertz CT molecular complexity index is 939. The van der Waals surface area contributed by atoms with Crippen molar-refractivity contribution in [2.45, 2.75) is 19.6 Å². The van der Waals surface area contributed by atoms with Gasteiger partial charge < -0.3 is 14.4 Å². The number of ether oxygens (including phenoxy) is 2. The third-order valence-electron chi connectivity index (χ3n) is 4.64. The Morgan fingerprint density at radius 3 is 2.37 bits per heavy atom. The minimum absolute atomic E-state index is 0.109. The second kappa shape index (κ2) is 7.54. The van der Waals surface area contributed by atoms with Gasteiger partial charge in [-0.3, -0.25) is 4.79 Å². The van der Waals surface area contributed by atoms with Crippen LogP contribution in [-0.2, 0) is 11.3 Å². The molecule has 0 unspecified atom stereocenters. The van der Waals surface area contributed by atoms with Gasteiger partial charge in [0.05, 0.1) is 6.54 Å². The zero-order valence-electron chi connectivity index (χ0n) is 15.2. The Kier molecular flexibility index (Phi) is 4.79. The first-order chi connectivity index (χ1) is 13.2. The lowest BCUT2D eigenvalue weighted by molar-refractivity contribution is -0.127. The number of carbonyl (C=O) groups is 1. The lowest BCUT2D eigenvalue weighted by atomic mass is 10.1. The molecule has 1 atom stereocenters. The van der Waals surface area contributed by atoms with Crippen molar-refractivity contribution in [3.8, 4) is 11.5 Å². The summed E-state index contributed by atoms with van der Waals surface area (Å²) in [6, 6.07) is 25.3. The van der Waals surface area contributed by atoms with E-state index in [1.807, 2.05) is 85.8 Å². The molecular weight excluding hydrogens is 338 g/mol. The van der Waals surface area contributed by atoms with Crippen molar-refractivity contribution in [3.63, 3.8) is 0 Å². The zero-order chi connectivity index (χ0) is 18.6. The van der Waals surface area contributed by atoms with Gasteiger partial charge in [-0.1, -0.05) is 60.7 Å². The van der Waals surface area contributed by atoms with E-state index in [2.05, 4.69) is 0 Å². The maximum absolute atomic E-state index is 13.4. The lowest BCUT2D eigenvalue weighted by Crippen LogP contribution is -2.46. The monoisotopic (exact) mass is 359 g/mol.